The lowest BCUT2D eigenvalue weighted by Crippen LogP contribution is -2.19. The summed E-state index contributed by atoms with van der Waals surface area (Å²) in [5.41, 5.74) is 0.649. The highest BCUT2D eigenvalue weighted by molar-refractivity contribution is 14.1. The zero-order valence-corrected chi connectivity index (χ0v) is 10.0. The number of aromatic nitrogens is 1. The van der Waals surface area contributed by atoms with Crippen molar-refractivity contribution >= 4 is 22.6 Å². The van der Waals surface area contributed by atoms with E-state index in [-0.39, 0.29) is 3.57 Å². The molecule has 0 N–H and O–H groups in total. The highest BCUT2D eigenvalue weighted by atomic mass is 127. The van der Waals surface area contributed by atoms with E-state index in [0.717, 1.165) is 0 Å². The van der Waals surface area contributed by atoms with Crippen molar-refractivity contribution in [2.75, 3.05) is 7.11 Å². The fraction of sp³-hybridized carbons (Fsp3) is 0.375. The third-order valence-corrected chi connectivity index (χ3v) is 2.49. The van der Waals surface area contributed by atoms with E-state index in [1.54, 1.807) is 29.5 Å². The minimum absolute atomic E-state index is 0.201. The van der Waals surface area contributed by atoms with E-state index in [1.807, 2.05) is 0 Å². The Bertz CT molecular complexity index is 368. The molecule has 0 bridgehead atoms. The average molecular weight is 333 g/mol. The van der Waals surface area contributed by atoms with E-state index in [2.05, 4.69) is 9.72 Å². The molecule has 1 rings (SSSR count). The van der Waals surface area contributed by atoms with Crippen molar-refractivity contribution in [2.24, 2.45) is 0 Å². The summed E-state index contributed by atoms with van der Waals surface area (Å²) in [5.74, 6) is -0.157. The van der Waals surface area contributed by atoms with Gasteiger partial charge in [0.1, 0.15) is 9.32 Å². The maximum Gasteiger partial charge on any atom is 0.574 e. The third kappa shape index (κ3) is 3.11. The molecule has 0 aliphatic carbocycles. The molecule has 1 heterocycles. The Morgan fingerprint density at radius 3 is 2.47 bits per heavy atom. The van der Waals surface area contributed by atoms with Gasteiger partial charge in [-0.05, 0) is 29.5 Å². The predicted octanol–water partition coefficient (Wildman–Crippen LogP) is 2.90. The molecule has 1 aromatic rings. The Labute approximate surface area is 97.7 Å². The standard InChI is InChI=1S/C8H7F3INO2/c1-4-3-13-7(15-8(9,10)11)5(12)6(4)14-2/h3H,1-2H3. The molecular formula is C8H7F3INO2. The van der Waals surface area contributed by atoms with Gasteiger partial charge in [-0.1, -0.05) is 0 Å². The van der Waals surface area contributed by atoms with Crippen molar-refractivity contribution < 1.29 is 22.6 Å². The Hall–Kier alpha value is -0.730. The van der Waals surface area contributed by atoms with E-state index in [0.29, 0.717) is 11.3 Å². The molecule has 3 nitrogen and oxygen atoms in total. The van der Waals surface area contributed by atoms with Gasteiger partial charge in [-0.2, -0.15) is 0 Å². The van der Waals surface area contributed by atoms with Gasteiger partial charge in [0.05, 0.1) is 7.11 Å². The minimum Gasteiger partial charge on any atom is -0.495 e. The Morgan fingerprint density at radius 1 is 1.40 bits per heavy atom. The molecule has 1 aromatic heterocycles. The van der Waals surface area contributed by atoms with Crippen LogP contribution in [0.25, 0.3) is 0 Å². The molecule has 0 aromatic carbocycles. The van der Waals surface area contributed by atoms with Crippen LogP contribution in [0.15, 0.2) is 6.20 Å². The predicted molar refractivity (Wildman–Crippen MR) is 54.9 cm³/mol. The van der Waals surface area contributed by atoms with Crippen LogP contribution in [0, 0.1) is 10.5 Å². The van der Waals surface area contributed by atoms with Gasteiger partial charge >= 0.3 is 6.36 Å². The second-order valence-corrected chi connectivity index (χ2v) is 3.72. The molecule has 0 saturated heterocycles. The van der Waals surface area contributed by atoms with Crippen LogP contribution in [-0.4, -0.2) is 18.5 Å². The van der Waals surface area contributed by atoms with Gasteiger partial charge in [-0.3, -0.25) is 0 Å². The van der Waals surface area contributed by atoms with Gasteiger partial charge < -0.3 is 9.47 Å². The van der Waals surface area contributed by atoms with Crippen LogP contribution in [0.2, 0.25) is 0 Å². The monoisotopic (exact) mass is 333 g/mol. The largest absolute Gasteiger partial charge is 0.574 e. The van der Waals surface area contributed by atoms with Gasteiger partial charge in [-0.25, -0.2) is 4.98 Å². The number of hydrogen-bond acceptors (Lipinski definition) is 3. The highest BCUT2D eigenvalue weighted by Gasteiger charge is 2.33. The first kappa shape index (κ1) is 12.3. The third-order valence-electron chi connectivity index (χ3n) is 1.54. The summed E-state index contributed by atoms with van der Waals surface area (Å²) in [6.07, 6.45) is -3.48. The second kappa shape index (κ2) is 4.42. The molecule has 0 saturated carbocycles. The van der Waals surface area contributed by atoms with Crippen LogP contribution in [0.1, 0.15) is 5.56 Å². The first-order valence-electron chi connectivity index (χ1n) is 3.80. The molecule has 0 atom stereocenters. The maximum absolute atomic E-state index is 12.0. The fourth-order valence-corrected chi connectivity index (χ4v) is 1.87. The van der Waals surface area contributed by atoms with Crippen LogP contribution in [0.4, 0.5) is 13.2 Å². The minimum atomic E-state index is -4.74. The van der Waals surface area contributed by atoms with E-state index in [1.165, 1.54) is 13.3 Å². The molecule has 0 unspecified atom stereocenters. The van der Waals surface area contributed by atoms with Crippen molar-refractivity contribution in [1.29, 1.82) is 0 Å². The molecular weight excluding hydrogens is 326 g/mol. The maximum atomic E-state index is 12.0. The first-order valence-corrected chi connectivity index (χ1v) is 4.88. The second-order valence-electron chi connectivity index (χ2n) is 2.64. The van der Waals surface area contributed by atoms with Gasteiger partial charge in [0.25, 0.3) is 0 Å². The summed E-state index contributed by atoms with van der Waals surface area (Å²) in [6.45, 7) is 1.69. The molecule has 0 spiro atoms. The van der Waals surface area contributed by atoms with Crippen LogP contribution < -0.4 is 9.47 Å². The molecule has 7 heteroatoms. The average Bonchev–Trinajstić information content (AvgIpc) is 2.09. The van der Waals surface area contributed by atoms with Gasteiger partial charge in [0.15, 0.2) is 0 Å². The number of halogens is 4. The number of nitrogens with zero attached hydrogens (tertiary/aromatic N) is 1. The van der Waals surface area contributed by atoms with Gasteiger partial charge in [-0.15, -0.1) is 13.2 Å². The smallest absolute Gasteiger partial charge is 0.495 e. The first-order chi connectivity index (χ1) is 6.85. The van der Waals surface area contributed by atoms with Gasteiger partial charge in [0, 0.05) is 11.8 Å². The van der Waals surface area contributed by atoms with Crippen LogP contribution in [0.3, 0.4) is 0 Å². The SMILES string of the molecule is COc1c(C)cnc(OC(F)(F)F)c1I. The van der Waals surface area contributed by atoms with Crippen molar-refractivity contribution in [3.8, 4) is 11.6 Å². The lowest BCUT2D eigenvalue weighted by Gasteiger charge is -2.12. The van der Waals surface area contributed by atoms with Crippen molar-refractivity contribution in [3.63, 3.8) is 0 Å². The summed E-state index contributed by atoms with van der Waals surface area (Å²) < 4.78 is 44.7. The Morgan fingerprint density at radius 2 is 2.00 bits per heavy atom. The summed E-state index contributed by atoms with van der Waals surface area (Å²) in [4.78, 5) is 3.54. The lowest BCUT2D eigenvalue weighted by molar-refractivity contribution is -0.276. The Kier molecular flexibility index (Phi) is 3.63. The quantitative estimate of drug-likeness (QED) is 0.780. The number of alkyl halides is 3. The number of aryl methyl sites for hydroxylation is 1. The Balaban J connectivity index is 3.11. The van der Waals surface area contributed by atoms with Crippen LogP contribution in [-0.2, 0) is 0 Å². The number of ether oxygens (including phenoxy) is 2. The summed E-state index contributed by atoms with van der Waals surface area (Å²) in [5, 5.41) is 0. The van der Waals surface area contributed by atoms with Crippen LogP contribution in [0.5, 0.6) is 11.6 Å². The molecule has 84 valence electrons. The van der Waals surface area contributed by atoms with Crippen molar-refractivity contribution in [1.82, 2.24) is 4.98 Å². The fourth-order valence-electron chi connectivity index (χ4n) is 0.972. The number of hydrogen-bond donors (Lipinski definition) is 0. The van der Waals surface area contributed by atoms with Crippen LogP contribution >= 0.6 is 22.6 Å². The van der Waals surface area contributed by atoms with Gasteiger partial charge in [0.2, 0.25) is 5.88 Å². The van der Waals surface area contributed by atoms with E-state index >= 15 is 0 Å². The molecule has 0 fully saturated rings. The molecule has 0 radical (unpaired) electrons. The lowest BCUT2D eigenvalue weighted by atomic mass is 10.3. The van der Waals surface area contributed by atoms with Crippen molar-refractivity contribution in [2.45, 2.75) is 13.3 Å². The summed E-state index contributed by atoms with van der Waals surface area (Å²) in [7, 11) is 1.38. The van der Waals surface area contributed by atoms with E-state index in [4.69, 9.17) is 4.74 Å². The topological polar surface area (TPSA) is 31.4 Å². The number of pyridine rings is 1. The molecule has 15 heavy (non-hydrogen) atoms. The zero-order valence-electron chi connectivity index (χ0n) is 7.85. The summed E-state index contributed by atoms with van der Waals surface area (Å²) in [6, 6.07) is 0. The zero-order chi connectivity index (χ0) is 11.6. The number of rotatable bonds is 2. The molecule has 0 aliphatic heterocycles. The highest BCUT2D eigenvalue weighted by Crippen LogP contribution is 2.33. The summed E-state index contributed by atoms with van der Waals surface area (Å²) >= 11 is 1.69. The van der Waals surface area contributed by atoms with E-state index < -0.39 is 12.2 Å². The molecule has 0 aliphatic rings. The van der Waals surface area contributed by atoms with E-state index in [9.17, 15) is 13.2 Å². The number of methoxy groups -OCH3 is 1. The molecule has 0 amide bonds. The normalized spacial score (nSPS) is 11.3. The van der Waals surface area contributed by atoms with Crippen molar-refractivity contribution in [3.05, 3.63) is 15.3 Å².